The molecule has 0 radical (unpaired) electrons. The molecule has 0 saturated heterocycles. The lowest BCUT2D eigenvalue weighted by atomic mass is 9.92. The van der Waals surface area contributed by atoms with E-state index >= 15 is 0 Å². The van der Waals surface area contributed by atoms with Gasteiger partial charge in [0.05, 0.1) is 16.1 Å². The van der Waals surface area contributed by atoms with Crippen LogP contribution in [-0.4, -0.2) is 17.3 Å². The third kappa shape index (κ3) is 4.14. The minimum absolute atomic E-state index is 0.166. The Balaban J connectivity index is 2.69. The average Bonchev–Trinajstić information content (AvgIpc) is 2.31. The van der Waals surface area contributed by atoms with Crippen LogP contribution in [0.5, 0.6) is 0 Å². The Kier molecular flexibility index (Phi) is 5.74. The second kappa shape index (κ2) is 6.60. The predicted molar refractivity (Wildman–Crippen MR) is 73.8 cm³/mol. The van der Waals surface area contributed by atoms with Crippen LogP contribution >= 0.6 is 23.2 Å². The van der Waals surface area contributed by atoms with E-state index < -0.39 is 6.10 Å². The van der Waals surface area contributed by atoms with E-state index in [0.29, 0.717) is 16.5 Å². The van der Waals surface area contributed by atoms with Gasteiger partial charge in [0.1, 0.15) is 0 Å². The highest BCUT2D eigenvalue weighted by molar-refractivity contribution is 6.42. The monoisotopic (exact) mass is 275 g/mol. The number of aliphatic hydroxyl groups is 1. The first-order chi connectivity index (χ1) is 7.95. The molecule has 0 spiro atoms. The fourth-order valence-electron chi connectivity index (χ4n) is 1.76. The molecule has 3 atom stereocenters. The maximum Gasteiger partial charge on any atom is 0.0696 e. The summed E-state index contributed by atoms with van der Waals surface area (Å²) in [6.45, 7) is 4.02. The minimum Gasteiger partial charge on any atom is -0.391 e. The fourth-order valence-corrected chi connectivity index (χ4v) is 2.07. The quantitative estimate of drug-likeness (QED) is 0.863. The van der Waals surface area contributed by atoms with Crippen molar-refractivity contribution in [2.75, 3.05) is 0 Å². The van der Waals surface area contributed by atoms with Gasteiger partial charge in [-0.1, -0.05) is 43.1 Å². The van der Waals surface area contributed by atoms with E-state index in [9.17, 15) is 5.11 Å². The second-order valence-electron chi connectivity index (χ2n) is 4.45. The molecule has 0 fully saturated rings. The third-order valence-electron chi connectivity index (χ3n) is 3.07. The van der Waals surface area contributed by atoms with Crippen molar-refractivity contribution in [3.63, 3.8) is 0 Å². The van der Waals surface area contributed by atoms with Gasteiger partial charge in [-0.2, -0.15) is 0 Å². The van der Waals surface area contributed by atoms with Crippen LogP contribution in [0.3, 0.4) is 0 Å². The zero-order valence-electron chi connectivity index (χ0n) is 10.2. The van der Waals surface area contributed by atoms with Crippen molar-refractivity contribution in [3.05, 3.63) is 33.8 Å². The maximum absolute atomic E-state index is 9.89. The van der Waals surface area contributed by atoms with Gasteiger partial charge in [0.2, 0.25) is 0 Å². The molecule has 17 heavy (non-hydrogen) atoms. The number of rotatable bonds is 5. The van der Waals surface area contributed by atoms with E-state index in [-0.39, 0.29) is 12.0 Å². The average molecular weight is 276 g/mol. The number of hydrogen-bond donors (Lipinski definition) is 2. The standard InChI is InChI=1S/C13H19Cl2NO/c1-3-12(16)13(17)6-8(2)9-4-5-10(14)11(15)7-9/h4-5,7-8,12-13,17H,3,6,16H2,1-2H3. The molecule has 3 unspecified atom stereocenters. The van der Waals surface area contributed by atoms with Gasteiger partial charge in [0, 0.05) is 6.04 Å². The van der Waals surface area contributed by atoms with Crippen molar-refractivity contribution >= 4 is 23.2 Å². The Hall–Kier alpha value is -0.280. The molecule has 0 heterocycles. The SMILES string of the molecule is CCC(N)C(O)CC(C)c1ccc(Cl)c(Cl)c1. The van der Waals surface area contributed by atoms with Gasteiger partial charge in [-0.25, -0.2) is 0 Å². The molecule has 0 amide bonds. The minimum atomic E-state index is -0.482. The highest BCUT2D eigenvalue weighted by Gasteiger charge is 2.17. The molecule has 96 valence electrons. The van der Waals surface area contributed by atoms with E-state index in [0.717, 1.165) is 12.0 Å². The molecule has 3 N–H and O–H groups in total. The van der Waals surface area contributed by atoms with E-state index in [1.165, 1.54) is 0 Å². The first-order valence-electron chi connectivity index (χ1n) is 5.84. The summed E-state index contributed by atoms with van der Waals surface area (Å²) < 4.78 is 0. The number of nitrogens with two attached hydrogens (primary N) is 1. The van der Waals surface area contributed by atoms with Crippen molar-refractivity contribution in [1.82, 2.24) is 0 Å². The lowest BCUT2D eigenvalue weighted by Gasteiger charge is -2.21. The van der Waals surface area contributed by atoms with E-state index in [4.69, 9.17) is 28.9 Å². The van der Waals surface area contributed by atoms with Crippen molar-refractivity contribution in [1.29, 1.82) is 0 Å². The summed E-state index contributed by atoms with van der Waals surface area (Å²) in [6.07, 6.45) is 0.923. The molecule has 0 aliphatic carbocycles. The second-order valence-corrected chi connectivity index (χ2v) is 5.26. The lowest BCUT2D eigenvalue weighted by molar-refractivity contribution is 0.126. The number of hydrogen-bond acceptors (Lipinski definition) is 2. The van der Waals surface area contributed by atoms with Crippen LogP contribution in [0.4, 0.5) is 0 Å². The zero-order chi connectivity index (χ0) is 13.0. The van der Waals surface area contributed by atoms with Gasteiger partial charge in [0.15, 0.2) is 0 Å². The molecule has 1 aromatic rings. The molecule has 1 rings (SSSR count). The Morgan fingerprint density at radius 2 is 1.94 bits per heavy atom. The summed E-state index contributed by atoms with van der Waals surface area (Å²) in [5.74, 6) is 0.206. The molecule has 2 nitrogen and oxygen atoms in total. The predicted octanol–water partition coefficient (Wildman–Crippen LogP) is 3.59. The summed E-state index contributed by atoms with van der Waals surface area (Å²) in [7, 11) is 0. The third-order valence-corrected chi connectivity index (χ3v) is 3.81. The fraction of sp³-hybridized carbons (Fsp3) is 0.538. The molecule has 0 aliphatic rings. The van der Waals surface area contributed by atoms with Crippen LogP contribution in [0.15, 0.2) is 18.2 Å². The molecule has 0 aliphatic heterocycles. The van der Waals surface area contributed by atoms with Gasteiger partial charge in [-0.05, 0) is 36.5 Å². The smallest absolute Gasteiger partial charge is 0.0696 e. The van der Waals surface area contributed by atoms with Crippen LogP contribution in [0.25, 0.3) is 0 Å². The Morgan fingerprint density at radius 1 is 1.29 bits per heavy atom. The van der Waals surface area contributed by atoms with Gasteiger partial charge < -0.3 is 10.8 Å². The molecule has 0 aromatic heterocycles. The molecule has 1 aromatic carbocycles. The van der Waals surface area contributed by atoms with Crippen molar-refractivity contribution in [2.45, 2.75) is 44.8 Å². The van der Waals surface area contributed by atoms with Crippen LogP contribution in [0, 0.1) is 0 Å². The van der Waals surface area contributed by atoms with Gasteiger partial charge >= 0.3 is 0 Å². The highest BCUT2D eigenvalue weighted by atomic mass is 35.5. The summed E-state index contributed by atoms with van der Waals surface area (Å²) in [4.78, 5) is 0. The highest BCUT2D eigenvalue weighted by Crippen LogP contribution is 2.28. The Bertz CT molecular complexity index is 370. The first-order valence-corrected chi connectivity index (χ1v) is 6.59. The van der Waals surface area contributed by atoms with Crippen molar-refractivity contribution in [3.8, 4) is 0 Å². The molecule has 0 bridgehead atoms. The summed E-state index contributed by atoms with van der Waals surface area (Å²) >= 11 is 11.8. The van der Waals surface area contributed by atoms with E-state index in [2.05, 4.69) is 0 Å². The maximum atomic E-state index is 9.89. The van der Waals surface area contributed by atoms with Crippen molar-refractivity contribution in [2.24, 2.45) is 5.73 Å². The van der Waals surface area contributed by atoms with Crippen LogP contribution in [0.2, 0.25) is 10.0 Å². The first kappa shape index (κ1) is 14.8. The summed E-state index contributed by atoms with van der Waals surface area (Å²) in [5, 5.41) is 11.0. The van der Waals surface area contributed by atoms with Gasteiger partial charge in [-0.15, -0.1) is 0 Å². The van der Waals surface area contributed by atoms with Crippen LogP contribution < -0.4 is 5.73 Å². The van der Waals surface area contributed by atoms with Crippen molar-refractivity contribution < 1.29 is 5.11 Å². The molecule has 0 saturated carbocycles. The van der Waals surface area contributed by atoms with Gasteiger partial charge in [-0.3, -0.25) is 0 Å². The zero-order valence-corrected chi connectivity index (χ0v) is 11.7. The lowest BCUT2D eigenvalue weighted by Crippen LogP contribution is -2.34. The number of halogens is 2. The summed E-state index contributed by atoms with van der Waals surface area (Å²) in [6, 6.07) is 5.39. The van der Waals surface area contributed by atoms with E-state index in [1.807, 2.05) is 26.0 Å². The van der Waals surface area contributed by atoms with Crippen LogP contribution in [-0.2, 0) is 0 Å². The molecular formula is C13H19Cl2NO. The Morgan fingerprint density at radius 3 is 2.47 bits per heavy atom. The van der Waals surface area contributed by atoms with Crippen LogP contribution in [0.1, 0.15) is 38.2 Å². The Labute approximate surface area is 113 Å². The number of aliphatic hydroxyl groups excluding tert-OH is 1. The topological polar surface area (TPSA) is 46.2 Å². The molecular weight excluding hydrogens is 257 g/mol. The normalized spacial score (nSPS) is 16.6. The number of benzene rings is 1. The van der Waals surface area contributed by atoms with Gasteiger partial charge in [0.25, 0.3) is 0 Å². The van der Waals surface area contributed by atoms with E-state index in [1.54, 1.807) is 6.07 Å². The summed E-state index contributed by atoms with van der Waals surface area (Å²) in [5.41, 5.74) is 6.87. The molecule has 4 heteroatoms. The largest absolute Gasteiger partial charge is 0.391 e.